The first kappa shape index (κ1) is 43.3. The maximum Gasteiger partial charge on any atom is 0.197 e. The number of hydrogen-bond donors (Lipinski definition) is 1. The van der Waals surface area contributed by atoms with Crippen molar-refractivity contribution in [1.82, 2.24) is 4.57 Å². The standard InChI is InChI=1S/C66H62BN2O/c1-62(2,3)36-22-26-39(27-23-36)68-52-35-50-43(41-28-24-38(64(7,8)9)31-48(41)66(50,12)13)32-45(52)56-57-42-19-15-17-21-55(42)70-61(57)58-46-30-37(63(4,5)6)25-29-53(46)69-54-33-44-40-18-14-16-20-47(40)65(10,11)49(44)34-51(54)67-59(56)60(58)69/h14-35,68H,1-13H3. The minimum atomic E-state index is -0.222. The summed E-state index contributed by atoms with van der Waals surface area (Å²) < 4.78 is 9.90. The average Bonchev–Trinajstić information content (AvgIpc) is 3.99. The highest BCUT2D eigenvalue weighted by atomic mass is 16.3. The molecule has 0 atom stereocenters. The van der Waals surface area contributed by atoms with Crippen LogP contribution in [0.1, 0.15) is 129 Å². The number of benzene rings is 8. The highest BCUT2D eigenvalue weighted by Crippen LogP contribution is 2.55. The third-order valence-electron chi connectivity index (χ3n) is 16.7. The first-order valence-corrected chi connectivity index (χ1v) is 25.4. The number of hydrogen-bond acceptors (Lipinski definition) is 2. The predicted octanol–water partition coefficient (Wildman–Crippen LogP) is 16.6. The molecule has 345 valence electrons. The van der Waals surface area contributed by atoms with Crippen LogP contribution >= 0.6 is 0 Å². The van der Waals surface area contributed by atoms with E-state index >= 15 is 0 Å². The molecule has 0 saturated carbocycles. The van der Waals surface area contributed by atoms with Gasteiger partial charge in [0.05, 0.1) is 16.4 Å². The molecule has 1 N–H and O–H groups in total. The maximum atomic E-state index is 7.32. The van der Waals surface area contributed by atoms with Crippen LogP contribution in [0.3, 0.4) is 0 Å². The van der Waals surface area contributed by atoms with Crippen molar-refractivity contribution in [3.8, 4) is 39.1 Å². The SMILES string of the molecule is CC(C)(C)c1ccc(Nc2cc3c(cc2-c2c4c5c(c6cc(C(C)(C)C)ccc6n5-c5cc6c(cc5[B]4)C(C)(C)c4ccccc4-6)c4oc5ccccc5c24)-c2ccc(C(C)(C)C)cc2C3(C)C)cc1. The molecular formula is C66H62BN2O. The Labute approximate surface area is 414 Å². The quantitative estimate of drug-likeness (QED) is 0.179. The Hall–Kier alpha value is -6.78. The Balaban J connectivity index is 1.18. The molecule has 8 aromatic carbocycles. The number of nitrogens with one attached hydrogen (secondary N) is 1. The van der Waals surface area contributed by atoms with Gasteiger partial charge in [-0.2, -0.15) is 0 Å². The van der Waals surface area contributed by atoms with Gasteiger partial charge in [0.15, 0.2) is 7.28 Å². The van der Waals surface area contributed by atoms with Gasteiger partial charge in [0.1, 0.15) is 11.2 Å². The summed E-state index contributed by atoms with van der Waals surface area (Å²) in [5.74, 6) is 0. The average molecular weight is 910 g/mol. The van der Waals surface area contributed by atoms with Crippen molar-refractivity contribution in [3.63, 3.8) is 0 Å². The van der Waals surface area contributed by atoms with Gasteiger partial charge in [-0.1, -0.05) is 180 Å². The number of fused-ring (bicyclic) bond motifs is 15. The Bertz CT molecular complexity index is 3920. The summed E-state index contributed by atoms with van der Waals surface area (Å²) >= 11 is 0. The van der Waals surface area contributed by atoms with Crippen molar-refractivity contribution in [2.24, 2.45) is 0 Å². The predicted molar refractivity (Wildman–Crippen MR) is 299 cm³/mol. The van der Waals surface area contributed by atoms with E-state index < -0.39 is 0 Å². The fraction of sp³-hybridized carbons (Fsp3) is 0.273. The molecular weight excluding hydrogens is 848 g/mol. The van der Waals surface area contributed by atoms with E-state index in [1.54, 1.807) is 0 Å². The van der Waals surface area contributed by atoms with Gasteiger partial charge in [-0.3, -0.25) is 0 Å². The third kappa shape index (κ3) is 5.95. The van der Waals surface area contributed by atoms with Crippen molar-refractivity contribution in [3.05, 3.63) is 172 Å². The Kier molecular flexibility index (Phi) is 8.63. The molecule has 3 nitrogen and oxygen atoms in total. The number of aromatic nitrogens is 1. The number of rotatable bonds is 3. The molecule has 3 aliphatic rings. The molecule has 10 aromatic rings. The van der Waals surface area contributed by atoms with Crippen molar-refractivity contribution in [2.75, 3.05) is 5.32 Å². The van der Waals surface area contributed by atoms with Crippen LogP contribution in [0.2, 0.25) is 0 Å². The number of para-hydroxylation sites is 1. The van der Waals surface area contributed by atoms with E-state index in [-0.39, 0.29) is 27.1 Å². The topological polar surface area (TPSA) is 30.1 Å². The fourth-order valence-corrected chi connectivity index (χ4v) is 12.6. The van der Waals surface area contributed by atoms with Crippen LogP contribution in [0.5, 0.6) is 0 Å². The zero-order valence-corrected chi connectivity index (χ0v) is 43.1. The van der Waals surface area contributed by atoms with E-state index in [1.165, 1.54) is 105 Å². The monoisotopic (exact) mass is 909 g/mol. The third-order valence-corrected chi connectivity index (χ3v) is 16.7. The van der Waals surface area contributed by atoms with E-state index in [9.17, 15) is 0 Å². The maximum absolute atomic E-state index is 7.32. The van der Waals surface area contributed by atoms with Crippen molar-refractivity contribution in [2.45, 2.75) is 117 Å². The zero-order chi connectivity index (χ0) is 48.8. The van der Waals surface area contributed by atoms with Crippen LogP contribution in [0.15, 0.2) is 138 Å². The van der Waals surface area contributed by atoms with E-state index in [0.29, 0.717) is 0 Å². The van der Waals surface area contributed by atoms with Gasteiger partial charge < -0.3 is 14.3 Å². The van der Waals surface area contributed by atoms with Crippen molar-refractivity contribution >= 4 is 73.3 Å². The van der Waals surface area contributed by atoms with E-state index in [1.807, 2.05) is 0 Å². The van der Waals surface area contributed by atoms with Gasteiger partial charge in [-0.15, -0.1) is 0 Å². The molecule has 0 bridgehead atoms. The summed E-state index contributed by atoms with van der Waals surface area (Å²) in [4.78, 5) is 0. The van der Waals surface area contributed by atoms with Gasteiger partial charge in [0.25, 0.3) is 0 Å². The number of furan rings is 1. The van der Waals surface area contributed by atoms with Gasteiger partial charge in [-0.25, -0.2) is 0 Å². The molecule has 2 aromatic heterocycles. The Morgan fingerprint density at radius 3 is 1.84 bits per heavy atom. The molecule has 3 heterocycles. The van der Waals surface area contributed by atoms with Gasteiger partial charge in [0, 0.05) is 49.6 Å². The van der Waals surface area contributed by atoms with Gasteiger partial charge in [0.2, 0.25) is 0 Å². The highest BCUT2D eigenvalue weighted by Gasteiger charge is 2.41. The van der Waals surface area contributed by atoms with E-state index in [2.05, 4.69) is 241 Å². The highest BCUT2D eigenvalue weighted by molar-refractivity contribution is 6.74. The summed E-state index contributed by atoms with van der Waals surface area (Å²) in [6.45, 7) is 30.4. The van der Waals surface area contributed by atoms with Crippen LogP contribution in [0.4, 0.5) is 11.4 Å². The molecule has 0 saturated heterocycles. The zero-order valence-electron chi connectivity index (χ0n) is 43.1. The second kappa shape index (κ2) is 14.0. The van der Waals surface area contributed by atoms with Crippen LogP contribution in [-0.2, 0) is 27.1 Å². The van der Waals surface area contributed by atoms with E-state index in [4.69, 9.17) is 4.42 Å². The van der Waals surface area contributed by atoms with Crippen LogP contribution < -0.4 is 16.2 Å². The van der Waals surface area contributed by atoms with Crippen molar-refractivity contribution < 1.29 is 4.42 Å². The fourth-order valence-electron chi connectivity index (χ4n) is 12.6. The lowest BCUT2D eigenvalue weighted by Crippen LogP contribution is -2.38. The van der Waals surface area contributed by atoms with Crippen LogP contribution in [0, 0.1) is 0 Å². The van der Waals surface area contributed by atoms with Gasteiger partial charge in [-0.05, 0) is 137 Å². The second-order valence-electron chi connectivity index (χ2n) is 24.9. The molecule has 2 aliphatic carbocycles. The lowest BCUT2D eigenvalue weighted by atomic mass is 9.57. The summed E-state index contributed by atoms with van der Waals surface area (Å²) in [6.07, 6.45) is 0. The minimum Gasteiger partial charge on any atom is -0.455 e. The number of nitrogens with zero attached hydrogens (tertiary/aromatic N) is 1. The summed E-state index contributed by atoms with van der Waals surface area (Å²) in [7, 11) is 2.53. The molecule has 0 unspecified atom stereocenters. The second-order valence-corrected chi connectivity index (χ2v) is 24.9. The molecule has 0 spiro atoms. The van der Waals surface area contributed by atoms with Crippen LogP contribution in [-0.4, -0.2) is 11.8 Å². The summed E-state index contributed by atoms with van der Waals surface area (Å²) in [5, 5.41) is 8.76. The van der Waals surface area contributed by atoms with Crippen molar-refractivity contribution in [1.29, 1.82) is 0 Å². The lowest BCUT2D eigenvalue weighted by molar-refractivity contribution is 0.584. The molecule has 0 amide bonds. The van der Waals surface area contributed by atoms with E-state index in [0.717, 1.165) is 38.9 Å². The first-order valence-electron chi connectivity index (χ1n) is 25.4. The normalized spacial score (nSPS) is 15.3. The molecule has 1 radical (unpaired) electrons. The Morgan fingerprint density at radius 1 is 0.500 bits per heavy atom. The molecule has 0 fully saturated rings. The Morgan fingerprint density at radius 2 is 1.10 bits per heavy atom. The minimum absolute atomic E-state index is 0.0271. The van der Waals surface area contributed by atoms with Crippen LogP contribution in [0.25, 0.3) is 82.8 Å². The molecule has 13 rings (SSSR count). The molecule has 1 aliphatic heterocycles. The summed E-state index contributed by atoms with van der Waals surface area (Å²) in [5.41, 5.74) is 26.7. The van der Waals surface area contributed by atoms with Gasteiger partial charge >= 0.3 is 0 Å². The largest absolute Gasteiger partial charge is 0.455 e. The molecule has 4 heteroatoms. The first-order chi connectivity index (χ1) is 33.1. The lowest BCUT2D eigenvalue weighted by Gasteiger charge is -2.28. The molecule has 70 heavy (non-hydrogen) atoms. The number of anilines is 2. The summed E-state index contributed by atoms with van der Waals surface area (Å²) in [6, 6.07) is 51.3. The smallest absolute Gasteiger partial charge is 0.197 e.